The zero-order valence-electron chi connectivity index (χ0n) is 12.9. The summed E-state index contributed by atoms with van der Waals surface area (Å²) >= 11 is 0. The van der Waals surface area contributed by atoms with Crippen molar-refractivity contribution in [1.82, 2.24) is 0 Å². The molecule has 3 nitrogen and oxygen atoms in total. The van der Waals surface area contributed by atoms with Crippen LogP contribution in [0.5, 0.6) is 5.75 Å². The molecule has 3 aromatic carbocycles. The number of nitriles is 1. The molecule has 0 radical (unpaired) electrons. The summed E-state index contributed by atoms with van der Waals surface area (Å²) in [5.41, 5.74) is 2.15. The van der Waals surface area contributed by atoms with Gasteiger partial charge in [0.05, 0.1) is 17.2 Å². The van der Waals surface area contributed by atoms with E-state index in [9.17, 15) is 13.6 Å². The van der Waals surface area contributed by atoms with Crippen molar-refractivity contribution in [1.29, 1.82) is 5.26 Å². The molecule has 3 aromatic rings. The number of nitrogens with zero attached hydrogens (tertiary/aromatic N) is 1. The van der Waals surface area contributed by atoms with Gasteiger partial charge in [0, 0.05) is 6.07 Å². The SMILES string of the molecule is N#Cc1ccc(-c2ccc(OC(=O)c3cc(F)cc(F)c3)cc2)cc1. The third-order valence-electron chi connectivity index (χ3n) is 3.51. The van der Waals surface area contributed by atoms with Crippen molar-refractivity contribution in [2.75, 3.05) is 0 Å². The van der Waals surface area contributed by atoms with Crippen molar-refractivity contribution in [3.05, 3.63) is 89.5 Å². The van der Waals surface area contributed by atoms with Crippen LogP contribution in [-0.4, -0.2) is 5.97 Å². The molecule has 0 N–H and O–H groups in total. The van der Waals surface area contributed by atoms with Crippen LogP contribution >= 0.6 is 0 Å². The third-order valence-corrected chi connectivity index (χ3v) is 3.51. The van der Waals surface area contributed by atoms with E-state index in [1.807, 2.05) is 18.2 Å². The van der Waals surface area contributed by atoms with Gasteiger partial charge in [0.15, 0.2) is 0 Å². The van der Waals surface area contributed by atoms with Crippen molar-refractivity contribution in [3.63, 3.8) is 0 Å². The van der Waals surface area contributed by atoms with Crippen LogP contribution in [0.4, 0.5) is 8.78 Å². The number of esters is 1. The lowest BCUT2D eigenvalue weighted by molar-refractivity contribution is 0.0733. The monoisotopic (exact) mass is 335 g/mol. The van der Waals surface area contributed by atoms with E-state index in [1.54, 1.807) is 36.4 Å². The van der Waals surface area contributed by atoms with Gasteiger partial charge >= 0.3 is 5.97 Å². The fraction of sp³-hybridized carbons (Fsp3) is 0. The highest BCUT2D eigenvalue weighted by Gasteiger charge is 2.12. The number of carbonyl (C=O) groups excluding carboxylic acids is 1. The summed E-state index contributed by atoms with van der Waals surface area (Å²) < 4.78 is 31.4. The Morgan fingerprint density at radius 3 is 1.88 bits per heavy atom. The average Bonchev–Trinajstić information content (AvgIpc) is 2.61. The van der Waals surface area contributed by atoms with Gasteiger partial charge in [-0.15, -0.1) is 0 Å². The Labute approximate surface area is 142 Å². The lowest BCUT2D eigenvalue weighted by Gasteiger charge is -2.06. The van der Waals surface area contributed by atoms with Crippen LogP contribution < -0.4 is 4.74 Å². The molecule has 0 saturated heterocycles. The maximum atomic E-state index is 13.2. The molecule has 0 spiro atoms. The lowest BCUT2D eigenvalue weighted by atomic mass is 10.0. The van der Waals surface area contributed by atoms with Crippen LogP contribution in [0.15, 0.2) is 66.7 Å². The van der Waals surface area contributed by atoms with Crippen LogP contribution in [0.1, 0.15) is 15.9 Å². The van der Waals surface area contributed by atoms with Gasteiger partial charge in [-0.05, 0) is 47.5 Å². The summed E-state index contributed by atoms with van der Waals surface area (Å²) in [7, 11) is 0. The molecule has 0 saturated carbocycles. The summed E-state index contributed by atoms with van der Waals surface area (Å²) in [4.78, 5) is 12.0. The summed E-state index contributed by atoms with van der Waals surface area (Å²) in [5.74, 6) is -2.28. The fourth-order valence-corrected chi connectivity index (χ4v) is 2.29. The van der Waals surface area contributed by atoms with E-state index in [2.05, 4.69) is 0 Å². The lowest BCUT2D eigenvalue weighted by Crippen LogP contribution is -2.09. The fourth-order valence-electron chi connectivity index (χ4n) is 2.29. The Morgan fingerprint density at radius 2 is 1.36 bits per heavy atom. The van der Waals surface area contributed by atoms with E-state index in [-0.39, 0.29) is 11.3 Å². The van der Waals surface area contributed by atoms with Gasteiger partial charge in [0.2, 0.25) is 0 Å². The van der Waals surface area contributed by atoms with Crippen molar-refractivity contribution in [3.8, 4) is 22.9 Å². The van der Waals surface area contributed by atoms with Gasteiger partial charge in [-0.25, -0.2) is 13.6 Å². The molecule has 25 heavy (non-hydrogen) atoms. The Bertz CT molecular complexity index is 938. The molecular weight excluding hydrogens is 324 g/mol. The summed E-state index contributed by atoms with van der Waals surface area (Å²) in [5, 5.41) is 8.80. The number of ether oxygens (including phenoxy) is 1. The molecule has 0 heterocycles. The Hall–Kier alpha value is -3.52. The molecule has 0 aliphatic rings. The number of rotatable bonds is 3. The van der Waals surface area contributed by atoms with Gasteiger partial charge in [-0.1, -0.05) is 24.3 Å². The van der Waals surface area contributed by atoms with Crippen molar-refractivity contribution in [2.45, 2.75) is 0 Å². The van der Waals surface area contributed by atoms with Gasteiger partial charge < -0.3 is 4.74 Å². The normalized spacial score (nSPS) is 10.1. The zero-order valence-corrected chi connectivity index (χ0v) is 12.9. The summed E-state index contributed by atoms with van der Waals surface area (Å²) in [6.45, 7) is 0. The molecule has 0 amide bonds. The third kappa shape index (κ3) is 3.88. The molecule has 0 fully saturated rings. The molecule has 0 aromatic heterocycles. The smallest absolute Gasteiger partial charge is 0.343 e. The van der Waals surface area contributed by atoms with Gasteiger partial charge in [0.25, 0.3) is 0 Å². The molecule has 5 heteroatoms. The minimum atomic E-state index is -0.844. The maximum absolute atomic E-state index is 13.2. The van der Waals surface area contributed by atoms with Crippen molar-refractivity contribution < 1.29 is 18.3 Å². The first kappa shape index (κ1) is 16.3. The van der Waals surface area contributed by atoms with Gasteiger partial charge in [-0.2, -0.15) is 5.26 Å². The minimum absolute atomic E-state index is 0.200. The van der Waals surface area contributed by atoms with Crippen molar-refractivity contribution >= 4 is 5.97 Å². The first-order chi connectivity index (χ1) is 12.0. The highest BCUT2D eigenvalue weighted by atomic mass is 19.1. The number of carbonyl (C=O) groups is 1. The van der Waals surface area contributed by atoms with Crippen LogP contribution in [0.2, 0.25) is 0 Å². The predicted octanol–water partition coefficient (Wildman–Crippen LogP) is 4.72. The molecular formula is C20H11F2NO2. The largest absolute Gasteiger partial charge is 0.423 e. The Kier molecular flexibility index (Phi) is 4.53. The topological polar surface area (TPSA) is 50.1 Å². The Morgan fingerprint density at radius 1 is 0.840 bits per heavy atom. The van der Waals surface area contributed by atoms with Gasteiger partial charge in [0.1, 0.15) is 17.4 Å². The highest BCUT2D eigenvalue weighted by molar-refractivity contribution is 5.91. The first-order valence-corrected chi connectivity index (χ1v) is 7.34. The quantitative estimate of drug-likeness (QED) is 0.514. The summed E-state index contributed by atoms with van der Waals surface area (Å²) in [6, 6.07) is 18.3. The first-order valence-electron chi connectivity index (χ1n) is 7.34. The van der Waals surface area contributed by atoms with E-state index in [4.69, 9.17) is 10.00 Å². The van der Waals surface area contributed by atoms with E-state index in [0.29, 0.717) is 11.6 Å². The van der Waals surface area contributed by atoms with Crippen molar-refractivity contribution in [2.24, 2.45) is 0 Å². The number of hydrogen-bond acceptors (Lipinski definition) is 3. The molecule has 0 aliphatic carbocycles. The average molecular weight is 335 g/mol. The predicted molar refractivity (Wildman–Crippen MR) is 87.9 cm³/mol. The maximum Gasteiger partial charge on any atom is 0.343 e. The molecule has 0 bridgehead atoms. The highest BCUT2D eigenvalue weighted by Crippen LogP contribution is 2.23. The summed E-state index contributed by atoms with van der Waals surface area (Å²) in [6.07, 6.45) is 0. The van der Waals surface area contributed by atoms with Crippen LogP contribution in [0.3, 0.4) is 0 Å². The molecule has 3 rings (SSSR count). The molecule has 0 atom stereocenters. The van der Waals surface area contributed by atoms with Gasteiger partial charge in [-0.3, -0.25) is 0 Å². The molecule has 0 aliphatic heterocycles. The molecule has 122 valence electrons. The number of hydrogen-bond donors (Lipinski definition) is 0. The van der Waals surface area contributed by atoms with E-state index >= 15 is 0 Å². The van der Waals surface area contributed by atoms with E-state index in [1.165, 1.54) is 0 Å². The van der Waals surface area contributed by atoms with Crippen LogP contribution in [0.25, 0.3) is 11.1 Å². The second kappa shape index (κ2) is 6.93. The van der Waals surface area contributed by atoms with E-state index in [0.717, 1.165) is 23.3 Å². The second-order valence-corrected chi connectivity index (χ2v) is 5.26. The molecule has 0 unspecified atom stereocenters. The number of benzene rings is 3. The van der Waals surface area contributed by atoms with Crippen LogP contribution in [-0.2, 0) is 0 Å². The second-order valence-electron chi connectivity index (χ2n) is 5.26. The number of halogens is 2. The minimum Gasteiger partial charge on any atom is -0.423 e. The Balaban J connectivity index is 1.76. The standard InChI is InChI=1S/C20H11F2NO2/c21-17-9-16(10-18(22)11-17)20(24)25-19-7-5-15(6-8-19)14-3-1-13(12-23)2-4-14/h1-11H. The zero-order chi connectivity index (χ0) is 17.8. The van der Waals surface area contributed by atoms with E-state index < -0.39 is 17.6 Å². The van der Waals surface area contributed by atoms with Crippen LogP contribution in [0, 0.1) is 23.0 Å².